The number of esters is 1. The lowest BCUT2D eigenvalue weighted by Crippen LogP contribution is -2.28. The van der Waals surface area contributed by atoms with Crippen molar-refractivity contribution < 1.29 is 24.2 Å². The number of carbonyl (C=O) groups is 3. The van der Waals surface area contributed by atoms with E-state index in [9.17, 15) is 14.4 Å². The molecular weight excluding hydrogens is 610 g/mol. The molecule has 0 heterocycles. The van der Waals surface area contributed by atoms with Crippen LogP contribution < -0.4 is 5.32 Å². The highest BCUT2D eigenvalue weighted by Gasteiger charge is 2.14. The van der Waals surface area contributed by atoms with Gasteiger partial charge in [-0.15, -0.1) is 0 Å². The van der Waals surface area contributed by atoms with Crippen LogP contribution >= 0.6 is 0 Å². The van der Waals surface area contributed by atoms with Gasteiger partial charge < -0.3 is 15.2 Å². The van der Waals surface area contributed by atoms with E-state index in [1.165, 1.54) is 161 Å². The standard InChI is InChI=1S/C43H83NO5/c1-3-5-7-9-10-11-12-13-14-15-16-17-18-19-20-21-22-23-24-25-26-28-34-38-43(48)49-40(35-31-27-8-6-4-2)36-32-29-30-33-37-41(45)44-39-42(46)47/h40H,3-39H2,1-2H3,(H,44,45)(H,46,47). The zero-order valence-corrected chi connectivity index (χ0v) is 32.8. The van der Waals surface area contributed by atoms with Crippen molar-refractivity contribution in [3.05, 3.63) is 0 Å². The topological polar surface area (TPSA) is 92.7 Å². The molecule has 0 aliphatic heterocycles. The Bertz CT molecular complexity index is 727. The molecule has 0 aliphatic carbocycles. The third-order valence-corrected chi connectivity index (χ3v) is 10.0. The van der Waals surface area contributed by atoms with Crippen LogP contribution in [0.25, 0.3) is 0 Å². The maximum Gasteiger partial charge on any atom is 0.322 e. The van der Waals surface area contributed by atoms with E-state index in [0.29, 0.717) is 12.8 Å². The van der Waals surface area contributed by atoms with Gasteiger partial charge in [0.1, 0.15) is 12.6 Å². The average molecular weight is 694 g/mol. The maximum absolute atomic E-state index is 12.6. The monoisotopic (exact) mass is 694 g/mol. The van der Waals surface area contributed by atoms with Gasteiger partial charge in [0, 0.05) is 12.8 Å². The van der Waals surface area contributed by atoms with E-state index >= 15 is 0 Å². The van der Waals surface area contributed by atoms with Crippen LogP contribution in [0.3, 0.4) is 0 Å². The van der Waals surface area contributed by atoms with Crippen molar-refractivity contribution in [3.8, 4) is 0 Å². The highest BCUT2D eigenvalue weighted by atomic mass is 16.5. The third-order valence-electron chi connectivity index (χ3n) is 10.0. The number of carboxylic acid groups (broad SMARTS) is 1. The van der Waals surface area contributed by atoms with Crippen molar-refractivity contribution in [1.29, 1.82) is 0 Å². The fourth-order valence-electron chi connectivity index (χ4n) is 6.81. The van der Waals surface area contributed by atoms with E-state index in [2.05, 4.69) is 19.2 Å². The quantitative estimate of drug-likeness (QED) is 0.0492. The van der Waals surface area contributed by atoms with Gasteiger partial charge in [-0.1, -0.05) is 194 Å². The molecule has 0 saturated heterocycles. The molecule has 2 N–H and O–H groups in total. The number of ether oxygens (including phenoxy) is 1. The molecule has 0 spiro atoms. The van der Waals surface area contributed by atoms with Crippen molar-refractivity contribution in [2.45, 2.75) is 251 Å². The van der Waals surface area contributed by atoms with E-state index in [-0.39, 0.29) is 24.5 Å². The van der Waals surface area contributed by atoms with Crippen molar-refractivity contribution in [2.24, 2.45) is 0 Å². The molecule has 0 rings (SSSR count). The largest absolute Gasteiger partial charge is 0.480 e. The molecule has 0 fully saturated rings. The van der Waals surface area contributed by atoms with Gasteiger partial charge in [-0.05, 0) is 38.5 Å². The zero-order chi connectivity index (χ0) is 35.9. The van der Waals surface area contributed by atoms with Gasteiger partial charge in [-0.2, -0.15) is 0 Å². The summed E-state index contributed by atoms with van der Waals surface area (Å²) < 4.78 is 5.95. The fourth-order valence-corrected chi connectivity index (χ4v) is 6.81. The molecule has 1 atom stereocenters. The Kier molecular flexibility index (Phi) is 37.9. The summed E-state index contributed by atoms with van der Waals surface area (Å²) in [6.45, 7) is 4.20. The second-order valence-corrected chi connectivity index (χ2v) is 15.0. The number of aliphatic carboxylic acids is 1. The molecule has 1 unspecified atom stereocenters. The maximum atomic E-state index is 12.6. The summed E-state index contributed by atoms with van der Waals surface area (Å²) in [7, 11) is 0. The van der Waals surface area contributed by atoms with E-state index in [1.807, 2.05) is 0 Å². The van der Waals surface area contributed by atoms with E-state index in [4.69, 9.17) is 9.84 Å². The average Bonchev–Trinajstić information content (AvgIpc) is 3.08. The minimum absolute atomic E-state index is 0.0116. The SMILES string of the molecule is CCCCCCCCCCCCCCCCCCCCCCCCCC(=O)OC(CCCCCCC)CCCCCCC(=O)NCC(=O)O. The van der Waals surface area contributed by atoms with Crippen molar-refractivity contribution in [1.82, 2.24) is 5.32 Å². The highest BCUT2D eigenvalue weighted by molar-refractivity contribution is 5.80. The summed E-state index contributed by atoms with van der Waals surface area (Å²) in [5.41, 5.74) is 0. The summed E-state index contributed by atoms with van der Waals surface area (Å²) in [5.74, 6) is -1.25. The number of carboxylic acids is 1. The van der Waals surface area contributed by atoms with Gasteiger partial charge in [0.05, 0.1) is 0 Å². The molecule has 0 radical (unpaired) electrons. The summed E-state index contributed by atoms with van der Waals surface area (Å²) in [5, 5.41) is 11.1. The van der Waals surface area contributed by atoms with Crippen molar-refractivity contribution in [3.63, 3.8) is 0 Å². The van der Waals surface area contributed by atoms with Gasteiger partial charge >= 0.3 is 11.9 Å². The highest BCUT2D eigenvalue weighted by Crippen LogP contribution is 2.19. The Morgan fingerprint density at radius 2 is 0.755 bits per heavy atom. The Hall–Kier alpha value is -1.59. The Labute approximate surface area is 304 Å². The van der Waals surface area contributed by atoms with Crippen molar-refractivity contribution >= 4 is 17.8 Å². The molecule has 0 aromatic rings. The Balaban J connectivity index is 3.71. The lowest BCUT2D eigenvalue weighted by molar-refractivity contribution is -0.150. The van der Waals surface area contributed by atoms with Crippen molar-refractivity contribution in [2.75, 3.05) is 6.54 Å². The van der Waals surface area contributed by atoms with Crippen LogP contribution in [0.4, 0.5) is 0 Å². The Morgan fingerprint density at radius 3 is 1.10 bits per heavy atom. The predicted octanol–water partition coefficient (Wildman–Crippen LogP) is 13.2. The smallest absolute Gasteiger partial charge is 0.322 e. The van der Waals surface area contributed by atoms with Crippen LogP contribution in [0.2, 0.25) is 0 Å². The summed E-state index contributed by atoms with van der Waals surface area (Å²) >= 11 is 0. The molecule has 290 valence electrons. The van der Waals surface area contributed by atoms with Crippen LogP contribution in [0.1, 0.15) is 245 Å². The van der Waals surface area contributed by atoms with Gasteiger partial charge in [-0.25, -0.2) is 0 Å². The number of rotatable bonds is 40. The number of hydrogen-bond acceptors (Lipinski definition) is 4. The minimum Gasteiger partial charge on any atom is -0.480 e. The molecule has 0 aromatic carbocycles. The molecule has 0 aliphatic rings. The van der Waals surface area contributed by atoms with Crippen LogP contribution in [0.15, 0.2) is 0 Å². The Morgan fingerprint density at radius 1 is 0.449 bits per heavy atom. The lowest BCUT2D eigenvalue weighted by Gasteiger charge is -2.18. The molecule has 6 nitrogen and oxygen atoms in total. The van der Waals surface area contributed by atoms with Crippen LogP contribution in [0, 0.1) is 0 Å². The molecule has 49 heavy (non-hydrogen) atoms. The molecule has 6 heteroatoms. The second-order valence-electron chi connectivity index (χ2n) is 15.0. The lowest BCUT2D eigenvalue weighted by atomic mass is 10.0. The van der Waals surface area contributed by atoms with Crippen LogP contribution in [0.5, 0.6) is 0 Å². The predicted molar refractivity (Wildman–Crippen MR) is 208 cm³/mol. The number of unbranched alkanes of at least 4 members (excludes halogenated alkanes) is 29. The normalized spacial score (nSPS) is 11.9. The number of amides is 1. The van der Waals surface area contributed by atoms with Crippen LogP contribution in [-0.4, -0.2) is 35.6 Å². The minimum atomic E-state index is -1.02. The summed E-state index contributed by atoms with van der Waals surface area (Å²) in [4.78, 5) is 34.8. The first kappa shape index (κ1) is 47.4. The van der Waals surface area contributed by atoms with E-state index in [1.54, 1.807) is 0 Å². The zero-order valence-electron chi connectivity index (χ0n) is 32.8. The van der Waals surface area contributed by atoms with Gasteiger partial charge in [-0.3, -0.25) is 14.4 Å². The van der Waals surface area contributed by atoms with Gasteiger partial charge in [0.15, 0.2) is 0 Å². The van der Waals surface area contributed by atoms with E-state index < -0.39 is 5.97 Å². The number of carbonyl (C=O) groups excluding carboxylic acids is 2. The first-order chi connectivity index (χ1) is 24.0. The number of hydrogen-bond donors (Lipinski definition) is 2. The third kappa shape index (κ3) is 39.1. The summed E-state index contributed by atoms with van der Waals surface area (Å²) in [6, 6.07) is 0. The molecule has 0 bridgehead atoms. The fraction of sp³-hybridized carbons (Fsp3) is 0.930. The molecule has 1 amide bonds. The summed E-state index contributed by atoms with van der Waals surface area (Å²) in [6.07, 6.45) is 44.0. The van der Waals surface area contributed by atoms with E-state index in [0.717, 1.165) is 57.8 Å². The van der Waals surface area contributed by atoms with Gasteiger partial charge in [0.25, 0.3) is 0 Å². The first-order valence-corrected chi connectivity index (χ1v) is 21.7. The van der Waals surface area contributed by atoms with Gasteiger partial charge in [0.2, 0.25) is 5.91 Å². The molecular formula is C43H83NO5. The molecule has 0 aromatic heterocycles. The second kappa shape index (κ2) is 39.2. The molecule has 0 saturated carbocycles. The number of nitrogens with one attached hydrogen (secondary N) is 1. The first-order valence-electron chi connectivity index (χ1n) is 21.7. The van der Waals surface area contributed by atoms with Crippen LogP contribution in [-0.2, 0) is 19.1 Å².